The van der Waals surface area contributed by atoms with E-state index in [0.717, 1.165) is 0 Å². The summed E-state index contributed by atoms with van der Waals surface area (Å²) in [4.78, 5) is 37.5. The van der Waals surface area contributed by atoms with Crippen LogP contribution in [0.3, 0.4) is 0 Å². The molecule has 0 unspecified atom stereocenters. The highest BCUT2D eigenvalue weighted by Gasteiger charge is 2.36. The topological polar surface area (TPSA) is 93.5 Å². The third-order valence-corrected chi connectivity index (χ3v) is 6.05. The first-order valence-electron chi connectivity index (χ1n) is 9.61. The first-order chi connectivity index (χ1) is 14.8. The van der Waals surface area contributed by atoms with E-state index in [9.17, 15) is 14.0 Å². The van der Waals surface area contributed by atoms with Crippen molar-refractivity contribution in [3.63, 3.8) is 0 Å². The van der Waals surface area contributed by atoms with Crippen molar-refractivity contribution in [2.75, 3.05) is 25.6 Å². The molecule has 2 aromatic heterocycles. The Morgan fingerprint density at radius 1 is 1.23 bits per heavy atom. The average Bonchev–Trinajstić information content (AvgIpc) is 3.37. The highest BCUT2D eigenvalue weighted by molar-refractivity contribution is 7.09. The molecule has 0 radical (unpaired) electrons. The van der Waals surface area contributed by atoms with Crippen LogP contribution in [0.2, 0.25) is 0 Å². The van der Waals surface area contributed by atoms with Gasteiger partial charge in [0.05, 0.1) is 18.8 Å². The minimum Gasteiger partial charge on any atom is -0.452 e. The van der Waals surface area contributed by atoms with Crippen molar-refractivity contribution >= 4 is 29.4 Å². The number of methoxy groups -OCH3 is 1. The summed E-state index contributed by atoms with van der Waals surface area (Å²) in [6.45, 7) is 4.56. The van der Waals surface area contributed by atoms with Crippen LogP contribution in [0.15, 0.2) is 24.3 Å². The molecule has 0 fully saturated rings. The zero-order chi connectivity index (χ0) is 22.3. The van der Waals surface area contributed by atoms with Gasteiger partial charge in [-0.3, -0.25) is 9.69 Å². The van der Waals surface area contributed by atoms with Gasteiger partial charge < -0.3 is 14.2 Å². The largest absolute Gasteiger partial charge is 0.452 e. The number of anilines is 1. The van der Waals surface area contributed by atoms with Crippen molar-refractivity contribution in [2.45, 2.75) is 26.4 Å². The van der Waals surface area contributed by atoms with Gasteiger partial charge >= 0.3 is 6.09 Å². The fraction of sp³-hybridized carbons (Fsp3) is 0.350. The maximum atomic E-state index is 13.3. The number of hydrogen-bond donors (Lipinski definition) is 0. The van der Waals surface area contributed by atoms with Crippen molar-refractivity contribution < 1.29 is 18.7 Å². The normalized spacial score (nSPS) is 15.5. The maximum Gasteiger partial charge on any atom is 0.414 e. The van der Waals surface area contributed by atoms with Crippen LogP contribution in [0, 0.1) is 12.7 Å². The molecule has 0 bridgehead atoms. The molecule has 1 aliphatic rings. The van der Waals surface area contributed by atoms with E-state index in [-0.39, 0.29) is 5.91 Å². The number of fused-ring (bicyclic) bond motifs is 1. The molecule has 1 aliphatic heterocycles. The van der Waals surface area contributed by atoms with Crippen LogP contribution in [0.4, 0.5) is 15.0 Å². The Balaban J connectivity index is 1.78. The molecule has 3 aromatic rings. The van der Waals surface area contributed by atoms with Gasteiger partial charge in [-0.25, -0.2) is 19.2 Å². The Kier molecular flexibility index (Phi) is 5.44. The summed E-state index contributed by atoms with van der Waals surface area (Å²) >= 11 is 1.23. The highest BCUT2D eigenvalue weighted by Crippen LogP contribution is 2.38. The van der Waals surface area contributed by atoms with Crippen LogP contribution in [-0.2, 0) is 11.3 Å². The van der Waals surface area contributed by atoms with Gasteiger partial charge in [-0.15, -0.1) is 0 Å². The van der Waals surface area contributed by atoms with Crippen molar-refractivity contribution in [2.24, 2.45) is 0 Å². The van der Waals surface area contributed by atoms with E-state index in [0.29, 0.717) is 46.8 Å². The minimum atomic E-state index is -0.574. The predicted octanol–water partition coefficient (Wildman–Crippen LogP) is 3.27. The minimum absolute atomic E-state index is 0.222. The quantitative estimate of drug-likeness (QED) is 0.616. The van der Waals surface area contributed by atoms with Crippen molar-refractivity contribution in [1.29, 1.82) is 0 Å². The molecule has 2 amide bonds. The number of aryl methyl sites for hydroxylation is 1. The van der Waals surface area contributed by atoms with Crippen LogP contribution in [0.25, 0.3) is 10.8 Å². The molecule has 1 atom stereocenters. The lowest BCUT2D eigenvalue weighted by atomic mass is 10.1. The van der Waals surface area contributed by atoms with Crippen molar-refractivity contribution in [3.05, 3.63) is 47.2 Å². The molecule has 0 saturated carbocycles. The zero-order valence-electron chi connectivity index (χ0n) is 17.5. The fourth-order valence-electron chi connectivity index (χ4n) is 3.70. The van der Waals surface area contributed by atoms with E-state index in [4.69, 9.17) is 4.74 Å². The molecule has 0 N–H and O–H groups in total. The number of carbonyl (C=O) groups is 2. The van der Waals surface area contributed by atoms with Crippen molar-refractivity contribution in [3.8, 4) is 10.8 Å². The molecule has 3 heterocycles. The van der Waals surface area contributed by atoms with Gasteiger partial charge in [0.1, 0.15) is 11.6 Å². The lowest BCUT2D eigenvalue weighted by Crippen LogP contribution is -2.42. The van der Waals surface area contributed by atoms with Gasteiger partial charge in [0, 0.05) is 25.7 Å². The van der Waals surface area contributed by atoms with Crippen LogP contribution in [0.5, 0.6) is 0 Å². The molecule has 9 nitrogen and oxygen atoms in total. The fourth-order valence-corrected chi connectivity index (χ4v) is 4.37. The Labute approximate surface area is 182 Å². The SMILES string of the molecule is COC(=O)N(C)c1nc(-c2nc(C)ns2)n2c1[C@@H](C)N(C(=O)c1ccc(F)cc1)CC2. The number of carbonyl (C=O) groups excluding carboxylic acids is 2. The number of hydrogen-bond acceptors (Lipinski definition) is 7. The lowest BCUT2D eigenvalue weighted by Gasteiger charge is -2.36. The highest BCUT2D eigenvalue weighted by atomic mass is 32.1. The van der Waals surface area contributed by atoms with Crippen molar-refractivity contribution in [1.82, 2.24) is 23.8 Å². The number of rotatable bonds is 3. The number of nitrogens with zero attached hydrogens (tertiary/aromatic N) is 6. The van der Waals surface area contributed by atoms with Crippen LogP contribution in [0.1, 0.15) is 34.8 Å². The van der Waals surface area contributed by atoms with E-state index >= 15 is 0 Å². The maximum absolute atomic E-state index is 13.3. The Morgan fingerprint density at radius 3 is 2.55 bits per heavy atom. The molecule has 0 spiro atoms. The summed E-state index contributed by atoms with van der Waals surface area (Å²) in [7, 11) is 2.86. The van der Waals surface area contributed by atoms with E-state index in [2.05, 4.69) is 14.3 Å². The average molecular weight is 444 g/mol. The number of ether oxygens (including phenoxy) is 1. The molecular formula is C20H21FN6O3S. The summed E-state index contributed by atoms with van der Waals surface area (Å²) < 4.78 is 24.3. The first-order valence-corrected chi connectivity index (χ1v) is 10.4. The third kappa shape index (κ3) is 3.65. The van der Waals surface area contributed by atoms with E-state index < -0.39 is 18.0 Å². The first kappa shape index (κ1) is 20.9. The molecule has 0 saturated heterocycles. The van der Waals surface area contributed by atoms with Gasteiger partial charge in [0.25, 0.3) is 5.91 Å². The molecule has 0 aliphatic carbocycles. The standard InChI is InChI=1S/C20H21FN6O3S/c1-11-15-16(25(3)20(29)30-4)23-17(18-22-12(2)24-31-18)27(15)10-9-26(11)19(28)13-5-7-14(21)8-6-13/h5-8,11H,9-10H2,1-4H3/t11-/m1/s1. The molecule has 31 heavy (non-hydrogen) atoms. The zero-order valence-corrected chi connectivity index (χ0v) is 18.3. The van der Waals surface area contributed by atoms with Gasteiger partial charge in [-0.2, -0.15) is 4.37 Å². The second kappa shape index (κ2) is 8.06. The Hall–Kier alpha value is -3.34. The van der Waals surface area contributed by atoms with Gasteiger partial charge in [-0.05, 0) is 49.6 Å². The van der Waals surface area contributed by atoms with Gasteiger partial charge in [-0.1, -0.05) is 0 Å². The molecule has 11 heteroatoms. The number of benzene rings is 1. The molecule has 162 valence electrons. The monoisotopic (exact) mass is 444 g/mol. The van der Waals surface area contributed by atoms with Crippen LogP contribution < -0.4 is 4.90 Å². The van der Waals surface area contributed by atoms with E-state index in [1.807, 2.05) is 11.5 Å². The molecule has 4 rings (SSSR count). The van der Waals surface area contributed by atoms with E-state index in [1.54, 1.807) is 18.9 Å². The molecular weight excluding hydrogens is 423 g/mol. The van der Waals surface area contributed by atoms with Crippen LogP contribution in [-0.4, -0.2) is 56.5 Å². The van der Waals surface area contributed by atoms with Gasteiger partial charge in [0.2, 0.25) is 0 Å². The third-order valence-electron chi connectivity index (χ3n) is 5.25. The Bertz CT molecular complexity index is 1140. The summed E-state index contributed by atoms with van der Waals surface area (Å²) in [6, 6.07) is 5.06. The van der Waals surface area contributed by atoms with Crippen LogP contribution >= 0.6 is 11.5 Å². The lowest BCUT2D eigenvalue weighted by molar-refractivity contribution is 0.0645. The predicted molar refractivity (Wildman–Crippen MR) is 113 cm³/mol. The van der Waals surface area contributed by atoms with Gasteiger partial charge in [0.15, 0.2) is 16.6 Å². The number of halogens is 1. The summed E-state index contributed by atoms with van der Waals surface area (Å²) in [5.41, 5.74) is 1.08. The number of imidazole rings is 1. The summed E-state index contributed by atoms with van der Waals surface area (Å²) in [6.07, 6.45) is -0.574. The second-order valence-corrected chi connectivity index (χ2v) is 7.90. The Morgan fingerprint density at radius 2 is 1.94 bits per heavy atom. The summed E-state index contributed by atoms with van der Waals surface area (Å²) in [5.74, 6) is 0.989. The second-order valence-electron chi connectivity index (χ2n) is 7.15. The molecule has 1 aromatic carbocycles. The number of amides is 2. The smallest absolute Gasteiger partial charge is 0.414 e. The number of aromatic nitrogens is 4. The van der Waals surface area contributed by atoms with E-state index in [1.165, 1.54) is 47.8 Å². The summed E-state index contributed by atoms with van der Waals surface area (Å²) in [5, 5.41) is 0.633.